The average molecular weight is 317 g/mol. The fourth-order valence-electron chi connectivity index (χ4n) is 2.06. The molecule has 0 heterocycles. The molecule has 2 nitrogen and oxygen atoms in total. The molecule has 0 saturated carbocycles. The molecule has 18 heavy (non-hydrogen) atoms. The maximum absolute atomic E-state index is 14.1. The summed E-state index contributed by atoms with van der Waals surface area (Å²) in [6.07, 6.45) is 0. The minimum atomic E-state index is -0.261. The van der Waals surface area contributed by atoms with Gasteiger partial charge in [0.25, 0.3) is 0 Å². The Morgan fingerprint density at radius 3 is 2.06 bits per heavy atom. The molecular weight excluding hydrogens is 295 g/mol. The maximum atomic E-state index is 14.1. The van der Waals surface area contributed by atoms with E-state index in [1.54, 1.807) is 6.07 Å². The van der Waals surface area contributed by atoms with Crippen molar-refractivity contribution < 1.29 is 4.39 Å². The van der Waals surface area contributed by atoms with Crippen LogP contribution in [0.2, 0.25) is 0 Å². The van der Waals surface area contributed by atoms with Crippen molar-refractivity contribution in [2.75, 3.05) is 23.7 Å². The molecule has 0 unspecified atom stereocenters. The highest BCUT2D eigenvalue weighted by atomic mass is 79.9. The zero-order chi connectivity index (χ0) is 13.9. The van der Waals surface area contributed by atoms with Crippen LogP contribution in [0.1, 0.15) is 27.7 Å². The molecule has 2 N–H and O–H groups in total. The van der Waals surface area contributed by atoms with E-state index in [0.29, 0.717) is 27.7 Å². The van der Waals surface area contributed by atoms with Gasteiger partial charge in [-0.05, 0) is 24.0 Å². The third-order valence-electron chi connectivity index (χ3n) is 2.54. The van der Waals surface area contributed by atoms with Crippen LogP contribution in [0.15, 0.2) is 16.6 Å². The summed E-state index contributed by atoms with van der Waals surface area (Å²) >= 11 is 3.26. The first-order chi connectivity index (χ1) is 8.31. The number of halogens is 2. The fourth-order valence-corrected chi connectivity index (χ4v) is 2.51. The van der Waals surface area contributed by atoms with E-state index < -0.39 is 0 Å². The molecule has 1 rings (SSSR count). The van der Waals surface area contributed by atoms with Gasteiger partial charge in [-0.3, -0.25) is 0 Å². The van der Waals surface area contributed by atoms with E-state index in [2.05, 4.69) is 43.6 Å². The van der Waals surface area contributed by atoms with Gasteiger partial charge < -0.3 is 10.6 Å². The van der Waals surface area contributed by atoms with Crippen LogP contribution in [-0.4, -0.2) is 13.1 Å². The number of anilines is 2. The largest absolute Gasteiger partial charge is 0.397 e. The van der Waals surface area contributed by atoms with E-state index in [-0.39, 0.29) is 5.82 Å². The van der Waals surface area contributed by atoms with Crippen LogP contribution in [0.3, 0.4) is 0 Å². The molecule has 0 amide bonds. The second kappa shape index (κ2) is 6.41. The van der Waals surface area contributed by atoms with Gasteiger partial charge >= 0.3 is 0 Å². The number of benzene rings is 1. The zero-order valence-electron chi connectivity index (χ0n) is 11.5. The predicted molar refractivity (Wildman–Crippen MR) is 80.4 cm³/mol. The Bertz CT molecular complexity index is 372. The van der Waals surface area contributed by atoms with E-state index in [0.717, 1.165) is 13.1 Å². The lowest BCUT2D eigenvalue weighted by Gasteiger charge is -2.30. The van der Waals surface area contributed by atoms with Crippen LogP contribution in [-0.2, 0) is 0 Å². The van der Waals surface area contributed by atoms with Gasteiger partial charge in [0.1, 0.15) is 5.82 Å². The molecule has 0 spiro atoms. The standard InChI is InChI=1S/C14H22BrFN2/c1-9(2)7-18(8-10(3)4)14-12(16)5-11(15)6-13(14)17/h5-6,9-10H,7-8,17H2,1-4H3. The van der Waals surface area contributed by atoms with Crippen LogP contribution in [0.4, 0.5) is 15.8 Å². The third-order valence-corrected chi connectivity index (χ3v) is 3.00. The summed E-state index contributed by atoms with van der Waals surface area (Å²) in [7, 11) is 0. The van der Waals surface area contributed by atoms with Gasteiger partial charge in [0.05, 0.1) is 11.4 Å². The van der Waals surface area contributed by atoms with Gasteiger partial charge in [-0.15, -0.1) is 0 Å². The third kappa shape index (κ3) is 4.16. The second-order valence-corrected chi connectivity index (χ2v) is 6.43. The molecule has 1 aromatic carbocycles. The monoisotopic (exact) mass is 316 g/mol. The van der Waals surface area contributed by atoms with Crippen molar-refractivity contribution in [2.45, 2.75) is 27.7 Å². The zero-order valence-corrected chi connectivity index (χ0v) is 13.1. The van der Waals surface area contributed by atoms with Crippen molar-refractivity contribution in [3.63, 3.8) is 0 Å². The summed E-state index contributed by atoms with van der Waals surface area (Å²) in [6.45, 7) is 10.1. The van der Waals surface area contributed by atoms with Crippen LogP contribution >= 0.6 is 15.9 Å². The Balaban J connectivity index is 3.11. The lowest BCUT2D eigenvalue weighted by atomic mass is 10.1. The number of nitrogens with two attached hydrogens (primary N) is 1. The molecule has 1 aromatic rings. The number of hydrogen-bond donors (Lipinski definition) is 1. The Hall–Kier alpha value is -0.770. The molecule has 0 aliphatic rings. The minimum absolute atomic E-state index is 0.261. The topological polar surface area (TPSA) is 29.3 Å². The predicted octanol–water partition coefficient (Wildman–Crippen LogP) is 4.29. The van der Waals surface area contributed by atoms with Crippen molar-refractivity contribution in [1.82, 2.24) is 0 Å². The summed E-state index contributed by atoms with van der Waals surface area (Å²) in [4.78, 5) is 2.05. The highest BCUT2D eigenvalue weighted by Crippen LogP contribution is 2.31. The smallest absolute Gasteiger partial charge is 0.149 e. The van der Waals surface area contributed by atoms with Gasteiger partial charge in [0.2, 0.25) is 0 Å². The van der Waals surface area contributed by atoms with Crippen LogP contribution < -0.4 is 10.6 Å². The van der Waals surface area contributed by atoms with Gasteiger partial charge in [0, 0.05) is 17.6 Å². The molecule has 0 radical (unpaired) electrons. The highest BCUT2D eigenvalue weighted by Gasteiger charge is 2.18. The van der Waals surface area contributed by atoms with Crippen LogP contribution in [0.25, 0.3) is 0 Å². The molecule has 0 fully saturated rings. The van der Waals surface area contributed by atoms with Crippen molar-refractivity contribution in [1.29, 1.82) is 0 Å². The van der Waals surface area contributed by atoms with Crippen molar-refractivity contribution in [2.24, 2.45) is 11.8 Å². The molecule has 0 aromatic heterocycles. The number of rotatable bonds is 5. The van der Waals surface area contributed by atoms with Gasteiger partial charge in [-0.2, -0.15) is 0 Å². The van der Waals surface area contributed by atoms with E-state index in [1.165, 1.54) is 6.07 Å². The Morgan fingerprint density at radius 1 is 1.17 bits per heavy atom. The minimum Gasteiger partial charge on any atom is -0.397 e. The van der Waals surface area contributed by atoms with E-state index in [4.69, 9.17) is 5.73 Å². The average Bonchev–Trinajstić information content (AvgIpc) is 2.12. The molecule has 0 aliphatic heterocycles. The summed E-state index contributed by atoms with van der Waals surface area (Å²) in [5.41, 5.74) is 6.98. The first kappa shape index (κ1) is 15.3. The van der Waals surface area contributed by atoms with Gasteiger partial charge in [-0.1, -0.05) is 43.6 Å². The Kier molecular flexibility index (Phi) is 5.45. The van der Waals surface area contributed by atoms with E-state index in [1.807, 2.05) is 4.90 Å². The summed E-state index contributed by atoms with van der Waals surface area (Å²) in [6, 6.07) is 3.23. The number of nitrogen functional groups attached to an aromatic ring is 1. The summed E-state index contributed by atoms with van der Waals surface area (Å²) < 4.78 is 14.8. The molecular formula is C14H22BrFN2. The first-order valence-electron chi connectivity index (χ1n) is 6.30. The summed E-state index contributed by atoms with van der Waals surface area (Å²) in [5, 5.41) is 0. The van der Waals surface area contributed by atoms with Gasteiger partial charge in [0.15, 0.2) is 0 Å². The van der Waals surface area contributed by atoms with Crippen molar-refractivity contribution in [3.8, 4) is 0 Å². The lowest BCUT2D eigenvalue weighted by molar-refractivity contribution is 0.538. The van der Waals surface area contributed by atoms with Gasteiger partial charge in [-0.25, -0.2) is 4.39 Å². The van der Waals surface area contributed by atoms with E-state index in [9.17, 15) is 4.39 Å². The quantitative estimate of drug-likeness (QED) is 0.821. The molecule has 0 aliphatic carbocycles. The van der Waals surface area contributed by atoms with Crippen LogP contribution in [0, 0.1) is 17.7 Å². The van der Waals surface area contributed by atoms with Crippen molar-refractivity contribution >= 4 is 27.3 Å². The fraction of sp³-hybridized carbons (Fsp3) is 0.571. The molecule has 0 bridgehead atoms. The Morgan fingerprint density at radius 2 is 1.67 bits per heavy atom. The van der Waals surface area contributed by atoms with Crippen LogP contribution in [0.5, 0.6) is 0 Å². The van der Waals surface area contributed by atoms with Crippen molar-refractivity contribution in [3.05, 3.63) is 22.4 Å². The first-order valence-corrected chi connectivity index (χ1v) is 7.10. The molecule has 4 heteroatoms. The van der Waals surface area contributed by atoms with E-state index >= 15 is 0 Å². The number of hydrogen-bond acceptors (Lipinski definition) is 2. The molecule has 0 atom stereocenters. The lowest BCUT2D eigenvalue weighted by Crippen LogP contribution is -2.32. The molecule has 102 valence electrons. The summed E-state index contributed by atoms with van der Waals surface area (Å²) in [5.74, 6) is 0.667. The second-order valence-electron chi connectivity index (χ2n) is 5.52. The Labute approximate surface area is 117 Å². The highest BCUT2D eigenvalue weighted by molar-refractivity contribution is 9.10. The maximum Gasteiger partial charge on any atom is 0.149 e. The SMILES string of the molecule is CC(C)CN(CC(C)C)c1c(N)cc(Br)cc1F. The number of nitrogens with zero attached hydrogens (tertiary/aromatic N) is 1. The molecule has 0 saturated heterocycles. The normalized spacial score (nSPS) is 11.3.